The molecule has 0 aliphatic heterocycles. The number of hydrogen-bond acceptors (Lipinski definition) is 2. The van der Waals surface area contributed by atoms with Crippen molar-refractivity contribution in [3.8, 4) is 0 Å². The van der Waals surface area contributed by atoms with E-state index in [-0.39, 0.29) is 0 Å². The van der Waals surface area contributed by atoms with E-state index in [1.807, 2.05) is 24.2 Å². The number of rotatable bonds is 6. The molecule has 1 nitrogen and oxygen atoms in total. The summed E-state index contributed by atoms with van der Waals surface area (Å²) in [5, 5.41) is 0. The molecule has 0 aliphatic carbocycles. The summed E-state index contributed by atoms with van der Waals surface area (Å²) in [6.45, 7) is 0. The second-order valence-corrected chi connectivity index (χ2v) is 5.18. The van der Waals surface area contributed by atoms with Crippen LogP contribution in [0.1, 0.15) is 11.1 Å². The maximum Gasteiger partial charge on any atom is 0.0270 e. The Labute approximate surface area is 107 Å². The minimum atomic E-state index is 1.14. The molecule has 0 aliphatic rings. The van der Waals surface area contributed by atoms with Crippen LogP contribution in [0.2, 0.25) is 0 Å². The molecule has 1 aromatic carbocycles. The van der Waals surface area contributed by atoms with Crippen LogP contribution in [0.5, 0.6) is 0 Å². The first kappa shape index (κ1) is 12.2. The van der Waals surface area contributed by atoms with Gasteiger partial charge in [-0.1, -0.05) is 30.3 Å². The van der Waals surface area contributed by atoms with Crippen molar-refractivity contribution < 1.29 is 0 Å². The first-order chi connectivity index (χ1) is 8.45. The van der Waals surface area contributed by atoms with Gasteiger partial charge in [0, 0.05) is 12.4 Å². The molecule has 2 heteroatoms. The van der Waals surface area contributed by atoms with E-state index in [2.05, 4.69) is 47.4 Å². The second-order valence-electron chi connectivity index (χ2n) is 3.95. The average molecular weight is 243 g/mol. The maximum absolute atomic E-state index is 4.02. The predicted octanol–water partition coefficient (Wildman–Crippen LogP) is 3.60. The quantitative estimate of drug-likeness (QED) is 0.719. The molecule has 0 radical (unpaired) electrons. The highest BCUT2D eigenvalue weighted by molar-refractivity contribution is 7.99. The van der Waals surface area contributed by atoms with Crippen LogP contribution in [0.25, 0.3) is 0 Å². The fraction of sp³-hybridized carbons (Fsp3) is 0.267. The summed E-state index contributed by atoms with van der Waals surface area (Å²) >= 11 is 2.02. The highest BCUT2D eigenvalue weighted by Crippen LogP contribution is 2.09. The number of aryl methyl sites for hydroxylation is 2. The molecule has 88 valence electrons. The molecule has 0 amide bonds. The van der Waals surface area contributed by atoms with E-state index < -0.39 is 0 Å². The number of pyridine rings is 1. The molecule has 17 heavy (non-hydrogen) atoms. The van der Waals surface area contributed by atoms with Crippen molar-refractivity contribution in [1.29, 1.82) is 0 Å². The molecule has 0 N–H and O–H groups in total. The van der Waals surface area contributed by atoms with Gasteiger partial charge < -0.3 is 0 Å². The lowest BCUT2D eigenvalue weighted by molar-refractivity contribution is 1.11. The lowest BCUT2D eigenvalue weighted by Crippen LogP contribution is -1.93. The summed E-state index contributed by atoms with van der Waals surface area (Å²) in [4.78, 5) is 4.02. The van der Waals surface area contributed by atoms with Crippen LogP contribution in [-0.2, 0) is 12.8 Å². The van der Waals surface area contributed by atoms with Crippen molar-refractivity contribution >= 4 is 11.8 Å². The molecular weight excluding hydrogens is 226 g/mol. The summed E-state index contributed by atoms with van der Waals surface area (Å²) in [5.41, 5.74) is 2.82. The van der Waals surface area contributed by atoms with Gasteiger partial charge >= 0.3 is 0 Å². The van der Waals surface area contributed by atoms with E-state index in [9.17, 15) is 0 Å². The van der Waals surface area contributed by atoms with E-state index in [0.717, 1.165) is 6.42 Å². The average Bonchev–Trinajstić information content (AvgIpc) is 2.41. The zero-order valence-electron chi connectivity index (χ0n) is 9.88. The van der Waals surface area contributed by atoms with Gasteiger partial charge in [-0.3, -0.25) is 4.98 Å². The third-order valence-corrected chi connectivity index (χ3v) is 3.65. The molecule has 0 saturated heterocycles. The van der Waals surface area contributed by atoms with E-state index in [4.69, 9.17) is 0 Å². The lowest BCUT2D eigenvalue weighted by atomic mass is 10.2. The Morgan fingerprint density at radius 3 is 2.00 bits per heavy atom. The van der Waals surface area contributed by atoms with E-state index in [1.165, 1.54) is 29.1 Å². The van der Waals surface area contributed by atoms with Gasteiger partial charge in [0.2, 0.25) is 0 Å². The van der Waals surface area contributed by atoms with Gasteiger partial charge in [0.05, 0.1) is 0 Å². The summed E-state index contributed by atoms with van der Waals surface area (Å²) in [6.07, 6.45) is 6.04. The van der Waals surface area contributed by atoms with Crippen molar-refractivity contribution in [2.24, 2.45) is 0 Å². The van der Waals surface area contributed by atoms with Crippen LogP contribution in [-0.4, -0.2) is 16.5 Å². The second kappa shape index (κ2) is 7.13. The van der Waals surface area contributed by atoms with Gasteiger partial charge in [-0.2, -0.15) is 11.8 Å². The molecule has 0 fully saturated rings. The van der Waals surface area contributed by atoms with E-state index >= 15 is 0 Å². The molecule has 0 saturated carbocycles. The largest absolute Gasteiger partial charge is 0.265 e. The zero-order valence-corrected chi connectivity index (χ0v) is 10.7. The number of thioether (sulfide) groups is 1. The molecule has 2 rings (SSSR count). The van der Waals surface area contributed by atoms with E-state index in [1.54, 1.807) is 0 Å². The van der Waals surface area contributed by atoms with Gasteiger partial charge in [-0.15, -0.1) is 0 Å². The number of benzene rings is 1. The Balaban J connectivity index is 1.61. The monoisotopic (exact) mass is 243 g/mol. The minimum Gasteiger partial charge on any atom is -0.265 e. The van der Waals surface area contributed by atoms with Crippen molar-refractivity contribution in [2.45, 2.75) is 12.8 Å². The zero-order chi connectivity index (χ0) is 11.8. The first-order valence-electron chi connectivity index (χ1n) is 5.96. The van der Waals surface area contributed by atoms with Crippen LogP contribution in [0, 0.1) is 0 Å². The Hall–Kier alpha value is -1.28. The van der Waals surface area contributed by atoms with Crippen molar-refractivity contribution in [1.82, 2.24) is 4.98 Å². The van der Waals surface area contributed by atoms with Crippen LogP contribution < -0.4 is 0 Å². The Morgan fingerprint density at radius 1 is 0.765 bits per heavy atom. The van der Waals surface area contributed by atoms with Crippen LogP contribution in [0.3, 0.4) is 0 Å². The molecule has 2 aromatic rings. The van der Waals surface area contributed by atoms with Crippen molar-refractivity contribution in [3.63, 3.8) is 0 Å². The van der Waals surface area contributed by atoms with Gasteiger partial charge in [-0.25, -0.2) is 0 Å². The van der Waals surface area contributed by atoms with Gasteiger partial charge in [0.25, 0.3) is 0 Å². The van der Waals surface area contributed by atoms with Gasteiger partial charge in [0.1, 0.15) is 0 Å². The highest BCUT2D eigenvalue weighted by Gasteiger charge is 1.94. The third-order valence-electron chi connectivity index (χ3n) is 2.66. The summed E-state index contributed by atoms with van der Waals surface area (Å²) in [6, 6.07) is 14.9. The SMILES string of the molecule is c1ccc(CCSCCc2ccncc2)cc1. The summed E-state index contributed by atoms with van der Waals surface area (Å²) in [5.74, 6) is 2.39. The Bertz CT molecular complexity index is 372. The van der Waals surface area contributed by atoms with Crippen LogP contribution in [0.15, 0.2) is 54.9 Å². The van der Waals surface area contributed by atoms with Crippen LogP contribution >= 0.6 is 11.8 Å². The molecule has 0 bridgehead atoms. The predicted molar refractivity (Wildman–Crippen MR) is 75.4 cm³/mol. The molecule has 1 heterocycles. The van der Waals surface area contributed by atoms with Gasteiger partial charge in [0.15, 0.2) is 0 Å². The smallest absolute Gasteiger partial charge is 0.0270 e. The fourth-order valence-electron chi connectivity index (χ4n) is 1.68. The van der Waals surface area contributed by atoms with Crippen LogP contribution in [0.4, 0.5) is 0 Å². The number of hydrogen-bond donors (Lipinski definition) is 0. The number of aromatic nitrogens is 1. The molecule has 1 aromatic heterocycles. The van der Waals surface area contributed by atoms with Crippen molar-refractivity contribution in [2.75, 3.05) is 11.5 Å². The topological polar surface area (TPSA) is 12.9 Å². The lowest BCUT2D eigenvalue weighted by Gasteiger charge is -2.02. The van der Waals surface area contributed by atoms with Gasteiger partial charge in [-0.05, 0) is 47.6 Å². The fourth-order valence-corrected chi connectivity index (χ4v) is 2.64. The Morgan fingerprint density at radius 2 is 1.35 bits per heavy atom. The maximum atomic E-state index is 4.02. The minimum absolute atomic E-state index is 1.14. The van der Waals surface area contributed by atoms with Crippen molar-refractivity contribution in [3.05, 3.63) is 66.0 Å². The van der Waals surface area contributed by atoms with E-state index in [0.29, 0.717) is 0 Å². The molecule has 0 spiro atoms. The standard InChI is InChI=1S/C15H17NS/c1-2-4-14(5-3-1)8-12-17-13-9-15-6-10-16-11-7-15/h1-7,10-11H,8-9,12-13H2. The molecule has 0 atom stereocenters. The summed E-state index contributed by atoms with van der Waals surface area (Å²) < 4.78 is 0. The number of nitrogens with zero attached hydrogens (tertiary/aromatic N) is 1. The highest BCUT2D eigenvalue weighted by atomic mass is 32.2. The normalized spacial score (nSPS) is 10.4. The molecule has 0 unspecified atom stereocenters. The Kier molecular flexibility index (Phi) is 5.11. The molecular formula is C15H17NS. The summed E-state index contributed by atoms with van der Waals surface area (Å²) in [7, 11) is 0. The third kappa shape index (κ3) is 4.61. The first-order valence-corrected chi connectivity index (χ1v) is 7.11.